The summed E-state index contributed by atoms with van der Waals surface area (Å²) >= 11 is 2.48. The van der Waals surface area contributed by atoms with Gasteiger partial charge in [0.15, 0.2) is 0 Å². The molecule has 0 heterocycles. The molecule has 0 bridgehead atoms. The third kappa shape index (κ3) is 1.58. The molecule has 0 aromatic rings. The van der Waals surface area contributed by atoms with Crippen LogP contribution in [0.5, 0.6) is 0 Å². The number of hydrogen-bond acceptors (Lipinski definition) is 1. The Morgan fingerprint density at radius 2 is 2.22 bits per heavy atom. The molecule has 1 rings (SSSR count). The van der Waals surface area contributed by atoms with Crippen molar-refractivity contribution in [2.45, 2.75) is 36.2 Å². The molecule has 0 saturated heterocycles. The first kappa shape index (κ1) is 7.79. The van der Waals surface area contributed by atoms with Gasteiger partial charge in [-0.1, -0.05) is 29.5 Å². The quantitative estimate of drug-likeness (QED) is 0.507. The molecule has 0 aromatic heterocycles. The monoisotopic (exact) mass is 239 g/mol. The molecular weight excluding hydrogens is 225 g/mol. The zero-order valence-corrected chi connectivity index (χ0v) is 8.18. The van der Waals surface area contributed by atoms with E-state index >= 15 is 0 Å². The van der Waals surface area contributed by atoms with Crippen LogP contribution in [0.25, 0.3) is 0 Å². The Labute approximate surface area is 70.5 Å². The van der Waals surface area contributed by atoms with Gasteiger partial charge < -0.3 is 5.73 Å². The third-order valence-electron chi connectivity index (χ3n) is 2.18. The fraction of sp³-hybridized carbons (Fsp3) is 1.00. The third-order valence-corrected chi connectivity index (χ3v) is 3.42. The normalized spacial score (nSPS) is 52.0. The van der Waals surface area contributed by atoms with Gasteiger partial charge in [-0.2, -0.15) is 0 Å². The van der Waals surface area contributed by atoms with Crippen molar-refractivity contribution in [3.05, 3.63) is 0 Å². The van der Waals surface area contributed by atoms with Gasteiger partial charge in [-0.05, 0) is 25.7 Å². The Morgan fingerprint density at radius 1 is 1.67 bits per heavy atom. The van der Waals surface area contributed by atoms with Crippen molar-refractivity contribution in [2.24, 2.45) is 11.7 Å². The Balaban J connectivity index is 2.58. The minimum atomic E-state index is 0.372. The zero-order chi connectivity index (χ0) is 7.07. The minimum Gasteiger partial charge on any atom is -0.326 e. The van der Waals surface area contributed by atoms with Crippen LogP contribution in [0.3, 0.4) is 0 Å². The van der Waals surface area contributed by atoms with E-state index in [1.165, 1.54) is 12.8 Å². The van der Waals surface area contributed by atoms with Gasteiger partial charge in [-0.15, -0.1) is 0 Å². The zero-order valence-electron chi connectivity index (χ0n) is 6.02. The standard InChI is InChI=1S/C7H14IN/c1-5-3-6(9)7(2,8)4-5/h5-6H,3-4,9H2,1-2H3/t5?,6-,7?/m1/s1. The fourth-order valence-corrected chi connectivity index (χ4v) is 2.60. The highest BCUT2D eigenvalue weighted by molar-refractivity contribution is 14.1. The van der Waals surface area contributed by atoms with Crippen molar-refractivity contribution in [1.29, 1.82) is 0 Å². The van der Waals surface area contributed by atoms with Gasteiger partial charge >= 0.3 is 0 Å². The maximum Gasteiger partial charge on any atom is 0.0347 e. The molecule has 0 aromatic carbocycles. The molecular formula is C7H14IN. The maximum absolute atomic E-state index is 5.90. The molecule has 3 atom stereocenters. The van der Waals surface area contributed by atoms with Crippen LogP contribution >= 0.6 is 22.6 Å². The number of rotatable bonds is 0. The molecule has 2 heteroatoms. The van der Waals surface area contributed by atoms with Crippen LogP contribution < -0.4 is 5.73 Å². The second-order valence-electron chi connectivity index (χ2n) is 3.43. The first-order valence-corrected chi connectivity index (χ1v) is 4.55. The van der Waals surface area contributed by atoms with Gasteiger partial charge in [-0.3, -0.25) is 0 Å². The highest BCUT2D eigenvalue weighted by Gasteiger charge is 2.37. The summed E-state index contributed by atoms with van der Waals surface area (Å²) in [4.78, 5) is 0. The second kappa shape index (κ2) is 2.38. The molecule has 54 valence electrons. The molecule has 1 nitrogen and oxygen atoms in total. The Morgan fingerprint density at radius 3 is 2.33 bits per heavy atom. The van der Waals surface area contributed by atoms with Gasteiger partial charge in [0.2, 0.25) is 0 Å². The van der Waals surface area contributed by atoms with E-state index in [9.17, 15) is 0 Å². The SMILES string of the molecule is CC1C[C@@H](N)C(C)(I)C1. The van der Waals surface area contributed by atoms with E-state index in [1.807, 2.05) is 0 Å². The lowest BCUT2D eigenvalue weighted by atomic mass is 10.1. The van der Waals surface area contributed by atoms with Crippen molar-refractivity contribution < 1.29 is 0 Å². The molecule has 1 fully saturated rings. The average Bonchev–Trinajstić information content (AvgIpc) is 1.79. The predicted molar refractivity (Wildman–Crippen MR) is 48.8 cm³/mol. The summed E-state index contributed by atoms with van der Waals surface area (Å²) in [5.74, 6) is 0.835. The van der Waals surface area contributed by atoms with E-state index < -0.39 is 0 Å². The van der Waals surface area contributed by atoms with Crippen molar-refractivity contribution in [3.8, 4) is 0 Å². The lowest BCUT2D eigenvalue weighted by molar-refractivity contribution is 0.593. The van der Waals surface area contributed by atoms with Crippen LogP contribution in [0.15, 0.2) is 0 Å². The van der Waals surface area contributed by atoms with Crippen LogP contribution in [-0.4, -0.2) is 9.46 Å². The van der Waals surface area contributed by atoms with Crippen LogP contribution in [-0.2, 0) is 0 Å². The number of halogens is 1. The summed E-state index contributed by atoms with van der Waals surface area (Å²) in [5, 5.41) is 0. The molecule has 0 spiro atoms. The van der Waals surface area contributed by atoms with Crippen LogP contribution in [0.1, 0.15) is 26.7 Å². The summed E-state index contributed by atoms with van der Waals surface area (Å²) < 4.78 is 0.372. The molecule has 1 saturated carbocycles. The smallest absolute Gasteiger partial charge is 0.0347 e. The summed E-state index contributed by atoms with van der Waals surface area (Å²) in [6, 6.07) is 0.424. The van der Waals surface area contributed by atoms with Crippen molar-refractivity contribution in [1.82, 2.24) is 0 Å². The molecule has 1 aliphatic carbocycles. The summed E-state index contributed by atoms with van der Waals surface area (Å²) in [6.07, 6.45) is 2.49. The summed E-state index contributed by atoms with van der Waals surface area (Å²) in [5.41, 5.74) is 5.90. The molecule has 0 aliphatic heterocycles. The van der Waals surface area contributed by atoms with E-state index in [1.54, 1.807) is 0 Å². The van der Waals surface area contributed by atoms with Gasteiger partial charge in [0, 0.05) is 9.46 Å². The summed E-state index contributed by atoms with van der Waals surface area (Å²) in [6.45, 7) is 4.53. The highest BCUT2D eigenvalue weighted by Crippen LogP contribution is 2.39. The predicted octanol–water partition coefficient (Wildman–Crippen LogP) is 1.94. The van der Waals surface area contributed by atoms with E-state index in [-0.39, 0.29) is 0 Å². The first-order valence-electron chi connectivity index (χ1n) is 3.47. The Kier molecular flexibility index (Phi) is 2.06. The molecule has 2 N–H and O–H groups in total. The molecule has 1 aliphatic rings. The fourth-order valence-electron chi connectivity index (χ4n) is 1.60. The number of hydrogen-bond donors (Lipinski definition) is 1. The van der Waals surface area contributed by atoms with E-state index in [0.717, 1.165) is 5.92 Å². The van der Waals surface area contributed by atoms with Crippen molar-refractivity contribution in [3.63, 3.8) is 0 Å². The topological polar surface area (TPSA) is 26.0 Å². The molecule has 2 unspecified atom stereocenters. The lowest BCUT2D eigenvalue weighted by Gasteiger charge is -2.20. The largest absolute Gasteiger partial charge is 0.326 e. The first-order chi connectivity index (χ1) is 4.02. The van der Waals surface area contributed by atoms with Gasteiger partial charge in [0.05, 0.1) is 0 Å². The minimum absolute atomic E-state index is 0.372. The summed E-state index contributed by atoms with van der Waals surface area (Å²) in [7, 11) is 0. The van der Waals surface area contributed by atoms with Crippen LogP contribution in [0, 0.1) is 5.92 Å². The van der Waals surface area contributed by atoms with E-state index in [2.05, 4.69) is 36.4 Å². The Hall–Kier alpha value is 0.690. The molecule has 9 heavy (non-hydrogen) atoms. The number of alkyl halides is 1. The maximum atomic E-state index is 5.90. The van der Waals surface area contributed by atoms with E-state index in [0.29, 0.717) is 9.46 Å². The van der Waals surface area contributed by atoms with Crippen LogP contribution in [0.2, 0.25) is 0 Å². The molecule has 0 radical (unpaired) electrons. The van der Waals surface area contributed by atoms with Crippen molar-refractivity contribution >= 4 is 22.6 Å². The highest BCUT2D eigenvalue weighted by atomic mass is 127. The van der Waals surface area contributed by atoms with Crippen molar-refractivity contribution in [2.75, 3.05) is 0 Å². The van der Waals surface area contributed by atoms with Gasteiger partial charge in [0.1, 0.15) is 0 Å². The Bertz CT molecular complexity index is 111. The van der Waals surface area contributed by atoms with E-state index in [4.69, 9.17) is 5.73 Å². The lowest BCUT2D eigenvalue weighted by Crippen LogP contribution is -2.34. The second-order valence-corrected chi connectivity index (χ2v) is 5.89. The number of nitrogens with two attached hydrogens (primary N) is 1. The van der Waals surface area contributed by atoms with Gasteiger partial charge in [-0.25, -0.2) is 0 Å². The van der Waals surface area contributed by atoms with Crippen LogP contribution in [0.4, 0.5) is 0 Å². The van der Waals surface area contributed by atoms with Gasteiger partial charge in [0.25, 0.3) is 0 Å². The average molecular weight is 239 g/mol. The molecule has 0 amide bonds.